The average molecular weight is 472 g/mol. The number of carbonyl (C=O) groups is 3. The Balaban J connectivity index is 0. The fourth-order valence-electron chi connectivity index (χ4n) is 1.88. The SMILES string of the molecule is C#C.CC(O)C(NC(=O)NCc1nc([C@@H](N)CCCN=C(N)N)no1)C(=O)O.CCC(N)=O. The molecule has 1 heterocycles. The molecule has 0 spiro atoms. The molecule has 2 unspecified atom stereocenters. The second-order valence-corrected chi connectivity index (χ2v) is 6.31. The van der Waals surface area contributed by atoms with E-state index in [-0.39, 0.29) is 30.1 Å². The first-order valence-corrected chi connectivity index (χ1v) is 9.68. The Morgan fingerprint density at radius 2 is 1.82 bits per heavy atom. The molecule has 3 atom stereocenters. The van der Waals surface area contributed by atoms with Gasteiger partial charge in [-0.15, -0.1) is 12.8 Å². The number of terminal acetylenes is 1. The number of aliphatic carboxylic acids is 1. The van der Waals surface area contributed by atoms with Gasteiger partial charge in [-0.25, -0.2) is 9.59 Å². The molecule has 12 N–H and O–H groups in total. The summed E-state index contributed by atoms with van der Waals surface area (Å²) in [6.07, 6.45) is 8.34. The molecule has 15 heteroatoms. The molecular formula is C18H33N9O6. The van der Waals surface area contributed by atoms with Gasteiger partial charge >= 0.3 is 12.0 Å². The molecular weight excluding hydrogens is 438 g/mol. The van der Waals surface area contributed by atoms with Gasteiger partial charge in [-0.1, -0.05) is 12.1 Å². The first-order valence-electron chi connectivity index (χ1n) is 9.68. The number of carboxylic acids is 1. The normalized spacial score (nSPS) is 12.3. The van der Waals surface area contributed by atoms with Gasteiger partial charge in [0.15, 0.2) is 17.8 Å². The Hall–Kier alpha value is -3.90. The van der Waals surface area contributed by atoms with Crippen molar-refractivity contribution >= 4 is 23.9 Å². The molecule has 33 heavy (non-hydrogen) atoms. The van der Waals surface area contributed by atoms with Crippen LogP contribution in [0, 0.1) is 12.8 Å². The van der Waals surface area contributed by atoms with Gasteiger partial charge in [-0.05, 0) is 19.8 Å². The van der Waals surface area contributed by atoms with Gasteiger partial charge in [0, 0.05) is 13.0 Å². The van der Waals surface area contributed by atoms with Crippen molar-refractivity contribution in [3.05, 3.63) is 11.7 Å². The van der Waals surface area contributed by atoms with E-state index in [1.54, 1.807) is 6.92 Å². The van der Waals surface area contributed by atoms with Gasteiger partial charge < -0.3 is 48.3 Å². The molecule has 0 aliphatic heterocycles. The van der Waals surface area contributed by atoms with Crippen molar-refractivity contribution in [2.24, 2.45) is 27.9 Å². The average Bonchev–Trinajstić information content (AvgIpc) is 3.24. The number of aromatic nitrogens is 2. The van der Waals surface area contributed by atoms with Crippen molar-refractivity contribution in [2.75, 3.05) is 6.54 Å². The zero-order valence-corrected chi connectivity index (χ0v) is 18.6. The lowest BCUT2D eigenvalue weighted by Gasteiger charge is -2.16. The van der Waals surface area contributed by atoms with Crippen molar-refractivity contribution in [2.45, 2.75) is 57.8 Å². The molecule has 15 nitrogen and oxygen atoms in total. The third-order valence-corrected chi connectivity index (χ3v) is 3.57. The van der Waals surface area contributed by atoms with E-state index in [9.17, 15) is 19.5 Å². The number of amides is 3. The van der Waals surface area contributed by atoms with Crippen LogP contribution < -0.4 is 33.6 Å². The van der Waals surface area contributed by atoms with E-state index in [0.29, 0.717) is 25.8 Å². The van der Waals surface area contributed by atoms with Crippen molar-refractivity contribution < 1.29 is 29.1 Å². The van der Waals surface area contributed by atoms with Gasteiger partial charge in [0.1, 0.15) is 0 Å². The first-order chi connectivity index (χ1) is 15.5. The summed E-state index contributed by atoms with van der Waals surface area (Å²) in [6, 6.07) is -2.73. The van der Waals surface area contributed by atoms with Crippen molar-refractivity contribution in [3.63, 3.8) is 0 Å². The Labute approximate surface area is 191 Å². The summed E-state index contributed by atoms with van der Waals surface area (Å²) >= 11 is 0. The third kappa shape index (κ3) is 15.5. The number of aliphatic hydroxyl groups excluding tert-OH is 1. The monoisotopic (exact) mass is 471 g/mol. The number of rotatable bonds is 11. The maximum absolute atomic E-state index is 11.7. The van der Waals surface area contributed by atoms with Crippen molar-refractivity contribution in [1.29, 1.82) is 0 Å². The van der Waals surface area contributed by atoms with E-state index < -0.39 is 30.2 Å². The molecule has 1 aromatic heterocycles. The maximum atomic E-state index is 11.7. The molecule has 0 aliphatic rings. The van der Waals surface area contributed by atoms with Gasteiger partial charge in [0.25, 0.3) is 0 Å². The highest BCUT2D eigenvalue weighted by Gasteiger charge is 2.25. The predicted octanol–water partition coefficient (Wildman–Crippen LogP) is -2.11. The number of carboxylic acid groups (broad SMARTS) is 1. The van der Waals surface area contributed by atoms with Crippen LogP contribution in [0.25, 0.3) is 0 Å². The zero-order valence-electron chi connectivity index (χ0n) is 18.6. The van der Waals surface area contributed by atoms with Crippen LogP contribution >= 0.6 is 0 Å². The standard InChI is InChI=1S/C13H24N8O5.C3H7NO.C2H2/c1-6(22)9(11(23)24)20-13(25)18-5-8-19-10(21-26-8)7(14)3-2-4-17-12(15)16;1-2-3(4)5;1-2/h6-7,9,22H,2-5,14H2,1H3,(H,23,24)(H4,15,16,17)(H2,18,20,25);2H2,1H3,(H2,4,5);1-2H/t6?,7-,9?;;/m0../s1. The Morgan fingerprint density at radius 3 is 2.27 bits per heavy atom. The molecule has 0 fully saturated rings. The van der Waals surface area contributed by atoms with E-state index >= 15 is 0 Å². The molecule has 0 bridgehead atoms. The van der Waals surface area contributed by atoms with Crippen LogP contribution in [0.2, 0.25) is 0 Å². The van der Waals surface area contributed by atoms with Crippen LogP contribution in [-0.4, -0.2) is 62.9 Å². The number of urea groups is 1. The van der Waals surface area contributed by atoms with Crippen molar-refractivity contribution in [1.82, 2.24) is 20.8 Å². The van der Waals surface area contributed by atoms with Crippen LogP contribution in [0.1, 0.15) is 50.9 Å². The second kappa shape index (κ2) is 17.7. The lowest BCUT2D eigenvalue weighted by molar-refractivity contribution is -0.141. The molecule has 0 aromatic carbocycles. The second-order valence-electron chi connectivity index (χ2n) is 6.31. The lowest BCUT2D eigenvalue weighted by atomic mass is 10.1. The summed E-state index contributed by atoms with van der Waals surface area (Å²) in [6.45, 7) is 3.27. The quantitative estimate of drug-likeness (QED) is 0.0748. The molecule has 0 saturated carbocycles. The number of nitrogens with zero attached hydrogens (tertiary/aromatic N) is 3. The molecule has 1 aromatic rings. The minimum absolute atomic E-state index is 0.00509. The molecule has 0 saturated heterocycles. The highest BCUT2D eigenvalue weighted by Crippen LogP contribution is 2.12. The van der Waals surface area contributed by atoms with Crippen LogP contribution in [0.4, 0.5) is 4.79 Å². The van der Waals surface area contributed by atoms with E-state index in [1.807, 2.05) is 0 Å². The maximum Gasteiger partial charge on any atom is 0.328 e. The molecule has 0 radical (unpaired) electrons. The number of primary amides is 1. The molecule has 3 amide bonds. The summed E-state index contributed by atoms with van der Waals surface area (Å²) in [5.41, 5.74) is 21.0. The summed E-state index contributed by atoms with van der Waals surface area (Å²) in [4.78, 5) is 40.0. The number of carbonyl (C=O) groups excluding carboxylic acids is 2. The summed E-state index contributed by atoms with van der Waals surface area (Å²) in [7, 11) is 0. The summed E-state index contributed by atoms with van der Waals surface area (Å²) < 4.78 is 4.96. The molecule has 186 valence electrons. The van der Waals surface area contributed by atoms with E-state index in [1.165, 1.54) is 6.92 Å². The van der Waals surface area contributed by atoms with Gasteiger partial charge in [0.2, 0.25) is 11.8 Å². The van der Waals surface area contributed by atoms with Gasteiger partial charge in [0.05, 0.1) is 18.7 Å². The van der Waals surface area contributed by atoms with Gasteiger partial charge in [-0.3, -0.25) is 9.79 Å². The van der Waals surface area contributed by atoms with Crippen LogP contribution in [0.15, 0.2) is 9.52 Å². The van der Waals surface area contributed by atoms with E-state index in [2.05, 4.69) is 44.3 Å². The smallest absolute Gasteiger partial charge is 0.328 e. The summed E-state index contributed by atoms with van der Waals surface area (Å²) in [5, 5.41) is 26.4. The zero-order chi connectivity index (χ0) is 26.0. The highest BCUT2D eigenvalue weighted by atomic mass is 16.5. The number of aliphatic hydroxyl groups is 1. The fraction of sp³-hybridized carbons (Fsp3) is 0.556. The van der Waals surface area contributed by atoms with Crippen LogP contribution in [-0.2, 0) is 16.1 Å². The number of nitrogens with one attached hydrogen (secondary N) is 2. The molecule has 0 aliphatic carbocycles. The van der Waals surface area contributed by atoms with Crippen LogP contribution in [0.3, 0.4) is 0 Å². The first kappa shape index (κ1) is 31.3. The summed E-state index contributed by atoms with van der Waals surface area (Å²) in [5.74, 6) is -1.24. The van der Waals surface area contributed by atoms with Crippen LogP contribution in [0.5, 0.6) is 0 Å². The Kier molecular flexibility index (Phi) is 16.8. The predicted molar refractivity (Wildman–Crippen MR) is 119 cm³/mol. The van der Waals surface area contributed by atoms with Crippen molar-refractivity contribution in [3.8, 4) is 12.8 Å². The number of hydrogen-bond donors (Lipinski definition) is 8. The fourth-order valence-corrected chi connectivity index (χ4v) is 1.88. The minimum Gasteiger partial charge on any atom is -0.480 e. The van der Waals surface area contributed by atoms with E-state index in [4.69, 9.17) is 26.8 Å². The number of hydrogen-bond acceptors (Lipinski definition) is 9. The number of nitrogens with two attached hydrogens (primary N) is 4. The lowest BCUT2D eigenvalue weighted by Crippen LogP contribution is -2.51. The minimum atomic E-state index is -1.44. The molecule has 1 rings (SSSR count). The largest absolute Gasteiger partial charge is 0.480 e. The number of guanidine groups is 1. The Morgan fingerprint density at radius 1 is 1.24 bits per heavy atom. The topological polar surface area (TPSA) is 271 Å². The third-order valence-electron chi connectivity index (χ3n) is 3.57. The number of aliphatic imine (C=N–C) groups is 1. The highest BCUT2D eigenvalue weighted by molar-refractivity contribution is 5.82. The Bertz CT molecular complexity index is 774. The van der Waals surface area contributed by atoms with E-state index in [0.717, 1.165) is 0 Å². The van der Waals surface area contributed by atoms with Gasteiger partial charge in [-0.2, -0.15) is 4.98 Å².